The van der Waals surface area contributed by atoms with Crippen LogP contribution in [0.5, 0.6) is 0 Å². The molecule has 2 heterocycles. The monoisotopic (exact) mass is 294 g/mol. The highest BCUT2D eigenvalue weighted by molar-refractivity contribution is 5.80. The number of hydrogen-bond donors (Lipinski definition) is 1. The lowest BCUT2D eigenvalue weighted by Gasteiger charge is -2.34. The first-order valence-corrected chi connectivity index (χ1v) is 8.79. The van der Waals surface area contributed by atoms with Crippen LogP contribution in [0.3, 0.4) is 0 Å². The summed E-state index contributed by atoms with van der Waals surface area (Å²) in [5.41, 5.74) is 0. The predicted molar refractivity (Wildman–Crippen MR) is 90.8 cm³/mol. The Morgan fingerprint density at radius 2 is 2.00 bits per heavy atom. The summed E-state index contributed by atoms with van der Waals surface area (Å²) >= 11 is 0. The average molecular weight is 294 g/mol. The molecule has 0 spiro atoms. The Morgan fingerprint density at radius 1 is 1.24 bits per heavy atom. The van der Waals surface area contributed by atoms with E-state index in [9.17, 15) is 0 Å². The van der Waals surface area contributed by atoms with Gasteiger partial charge in [0, 0.05) is 39.3 Å². The van der Waals surface area contributed by atoms with Crippen molar-refractivity contribution in [2.45, 2.75) is 52.5 Å². The predicted octanol–water partition coefficient (Wildman–Crippen LogP) is 2.41. The topological polar surface area (TPSA) is 30.9 Å². The molecule has 2 aliphatic rings. The van der Waals surface area contributed by atoms with Crippen LogP contribution in [-0.4, -0.2) is 61.6 Å². The van der Waals surface area contributed by atoms with Crippen LogP contribution in [0.2, 0.25) is 0 Å². The SMILES string of the molecule is CN=C(NC[C@H]1CCCN1CC(C)C)N1CCCC(C)C1. The van der Waals surface area contributed by atoms with Gasteiger partial charge in [-0.15, -0.1) is 0 Å². The normalized spacial score (nSPS) is 28.4. The van der Waals surface area contributed by atoms with Gasteiger partial charge in [-0.2, -0.15) is 0 Å². The van der Waals surface area contributed by atoms with Gasteiger partial charge in [0.1, 0.15) is 0 Å². The van der Waals surface area contributed by atoms with Crippen LogP contribution in [0.25, 0.3) is 0 Å². The van der Waals surface area contributed by atoms with Crippen LogP contribution in [0.4, 0.5) is 0 Å². The second-order valence-electron chi connectivity index (χ2n) is 7.31. The van der Waals surface area contributed by atoms with Crippen LogP contribution in [-0.2, 0) is 0 Å². The molecular formula is C17H34N4. The molecule has 4 nitrogen and oxygen atoms in total. The fourth-order valence-corrected chi connectivity index (χ4v) is 3.76. The summed E-state index contributed by atoms with van der Waals surface area (Å²) in [6.07, 6.45) is 5.33. The highest BCUT2D eigenvalue weighted by Crippen LogP contribution is 2.19. The maximum absolute atomic E-state index is 4.51. The van der Waals surface area contributed by atoms with Gasteiger partial charge in [-0.1, -0.05) is 20.8 Å². The van der Waals surface area contributed by atoms with Crippen molar-refractivity contribution in [2.75, 3.05) is 39.8 Å². The second kappa shape index (κ2) is 8.02. The van der Waals surface area contributed by atoms with Gasteiger partial charge in [-0.05, 0) is 44.1 Å². The molecule has 2 saturated heterocycles. The molecule has 2 aliphatic heterocycles. The van der Waals surface area contributed by atoms with Gasteiger partial charge < -0.3 is 10.2 Å². The van der Waals surface area contributed by atoms with Crippen LogP contribution in [0.15, 0.2) is 4.99 Å². The van der Waals surface area contributed by atoms with E-state index in [2.05, 4.69) is 40.9 Å². The lowest BCUT2D eigenvalue weighted by atomic mass is 10.0. The largest absolute Gasteiger partial charge is 0.355 e. The number of likely N-dealkylation sites (tertiary alicyclic amines) is 2. The lowest BCUT2D eigenvalue weighted by Crippen LogP contribution is -2.49. The second-order valence-corrected chi connectivity index (χ2v) is 7.31. The Bertz CT molecular complexity index is 340. The molecule has 122 valence electrons. The highest BCUT2D eigenvalue weighted by atomic mass is 15.3. The number of piperidine rings is 1. The number of nitrogens with zero attached hydrogens (tertiary/aromatic N) is 3. The van der Waals surface area contributed by atoms with Crippen molar-refractivity contribution in [3.8, 4) is 0 Å². The Kier molecular flexibility index (Phi) is 6.34. The van der Waals surface area contributed by atoms with Crippen molar-refractivity contribution in [3.63, 3.8) is 0 Å². The van der Waals surface area contributed by atoms with Crippen molar-refractivity contribution < 1.29 is 0 Å². The summed E-state index contributed by atoms with van der Waals surface area (Å²) in [4.78, 5) is 9.60. The molecule has 1 unspecified atom stereocenters. The Balaban J connectivity index is 1.82. The van der Waals surface area contributed by atoms with Gasteiger partial charge in [0.05, 0.1) is 0 Å². The summed E-state index contributed by atoms with van der Waals surface area (Å²) in [6, 6.07) is 0.686. The Labute approximate surface area is 131 Å². The Morgan fingerprint density at radius 3 is 2.67 bits per heavy atom. The van der Waals surface area contributed by atoms with Gasteiger partial charge in [0.15, 0.2) is 5.96 Å². The molecule has 0 radical (unpaired) electrons. The first-order valence-electron chi connectivity index (χ1n) is 8.79. The quantitative estimate of drug-likeness (QED) is 0.638. The third-order valence-corrected chi connectivity index (χ3v) is 4.76. The maximum Gasteiger partial charge on any atom is 0.193 e. The minimum absolute atomic E-state index is 0.686. The fraction of sp³-hybridized carbons (Fsp3) is 0.941. The van der Waals surface area contributed by atoms with Crippen molar-refractivity contribution in [3.05, 3.63) is 0 Å². The van der Waals surface area contributed by atoms with E-state index >= 15 is 0 Å². The molecule has 2 fully saturated rings. The van der Waals surface area contributed by atoms with E-state index in [1.54, 1.807) is 0 Å². The minimum Gasteiger partial charge on any atom is -0.355 e. The van der Waals surface area contributed by atoms with E-state index in [0.29, 0.717) is 6.04 Å². The molecule has 0 aromatic rings. The summed E-state index contributed by atoms with van der Waals surface area (Å²) in [7, 11) is 1.92. The van der Waals surface area contributed by atoms with E-state index in [4.69, 9.17) is 0 Å². The number of rotatable bonds is 4. The molecule has 0 amide bonds. The lowest BCUT2D eigenvalue weighted by molar-refractivity contribution is 0.222. The summed E-state index contributed by atoms with van der Waals surface area (Å²) in [6.45, 7) is 12.8. The zero-order valence-electron chi connectivity index (χ0n) is 14.4. The zero-order valence-corrected chi connectivity index (χ0v) is 14.4. The van der Waals surface area contributed by atoms with Crippen LogP contribution in [0.1, 0.15) is 46.5 Å². The molecular weight excluding hydrogens is 260 g/mol. The first kappa shape index (κ1) is 16.6. The van der Waals surface area contributed by atoms with Crippen molar-refractivity contribution in [1.29, 1.82) is 0 Å². The molecule has 1 N–H and O–H groups in total. The van der Waals surface area contributed by atoms with E-state index < -0.39 is 0 Å². The highest BCUT2D eigenvalue weighted by Gasteiger charge is 2.26. The van der Waals surface area contributed by atoms with Crippen LogP contribution < -0.4 is 5.32 Å². The molecule has 0 aromatic carbocycles. The van der Waals surface area contributed by atoms with Crippen molar-refractivity contribution in [2.24, 2.45) is 16.8 Å². The average Bonchev–Trinajstić information content (AvgIpc) is 2.86. The third-order valence-electron chi connectivity index (χ3n) is 4.76. The van der Waals surface area contributed by atoms with Gasteiger partial charge in [-0.25, -0.2) is 0 Å². The molecule has 0 saturated carbocycles. The summed E-state index contributed by atoms with van der Waals surface area (Å²) < 4.78 is 0. The fourth-order valence-electron chi connectivity index (χ4n) is 3.76. The number of nitrogens with one attached hydrogen (secondary N) is 1. The molecule has 2 atom stereocenters. The van der Waals surface area contributed by atoms with Gasteiger partial charge in [-0.3, -0.25) is 9.89 Å². The van der Waals surface area contributed by atoms with Crippen LogP contribution >= 0.6 is 0 Å². The number of hydrogen-bond acceptors (Lipinski definition) is 2. The summed E-state index contributed by atoms with van der Waals surface area (Å²) in [5, 5.41) is 3.64. The summed E-state index contributed by atoms with van der Waals surface area (Å²) in [5.74, 6) is 2.66. The molecule has 21 heavy (non-hydrogen) atoms. The molecule has 0 aliphatic carbocycles. The third kappa shape index (κ3) is 4.87. The van der Waals surface area contributed by atoms with Crippen molar-refractivity contribution >= 4 is 5.96 Å². The van der Waals surface area contributed by atoms with Gasteiger partial charge in [0.25, 0.3) is 0 Å². The van der Waals surface area contributed by atoms with E-state index in [-0.39, 0.29) is 0 Å². The Hall–Kier alpha value is -0.770. The molecule has 0 aromatic heterocycles. The smallest absolute Gasteiger partial charge is 0.193 e. The minimum atomic E-state index is 0.686. The molecule has 2 rings (SSSR count). The van der Waals surface area contributed by atoms with Gasteiger partial charge in [0.2, 0.25) is 0 Å². The van der Waals surface area contributed by atoms with Crippen LogP contribution in [0, 0.1) is 11.8 Å². The zero-order chi connectivity index (χ0) is 15.2. The molecule has 4 heteroatoms. The van der Waals surface area contributed by atoms with Gasteiger partial charge >= 0.3 is 0 Å². The maximum atomic E-state index is 4.51. The number of aliphatic imine (C=N–C) groups is 1. The molecule has 0 bridgehead atoms. The number of guanidine groups is 1. The van der Waals surface area contributed by atoms with E-state index in [0.717, 1.165) is 37.4 Å². The first-order chi connectivity index (χ1) is 10.1. The van der Waals surface area contributed by atoms with E-state index in [1.807, 2.05) is 7.05 Å². The van der Waals surface area contributed by atoms with E-state index in [1.165, 1.54) is 38.8 Å². The van der Waals surface area contributed by atoms with Crippen molar-refractivity contribution in [1.82, 2.24) is 15.1 Å². The standard InChI is InChI=1S/C17H34N4/c1-14(2)12-20-9-6-8-16(20)11-19-17(18-4)21-10-5-7-15(3)13-21/h14-16H,5-13H2,1-4H3,(H,18,19)/t15?,16-/m1/s1.